The molecule has 1 fully saturated rings. The SMILES string of the molecule is c1ccc2c(PC3CC3)cccc2c1. The van der Waals surface area contributed by atoms with Crippen molar-refractivity contribution in [3.8, 4) is 0 Å². The molecule has 1 aliphatic carbocycles. The molecular weight excluding hydrogens is 187 g/mol. The van der Waals surface area contributed by atoms with E-state index in [1.54, 1.807) is 5.30 Å². The van der Waals surface area contributed by atoms with Gasteiger partial charge in [0.2, 0.25) is 0 Å². The molecule has 1 aliphatic rings. The van der Waals surface area contributed by atoms with Gasteiger partial charge in [0.25, 0.3) is 0 Å². The Morgan fingerprint density at radius 2 is 1.71 bits per heavy atom. The minimum Gasteiger partial charge on any atom is -0.0865 e. The second kappa shape index (κ2) is 3.37. The number of hydrogen-bond donors (Lipinski definition) is 0. The lowest BCUT2D eigenvalue weighted by Gasteiger charge is -2.04. The van der Waals surface area contributed by atoms with Gasteiger partial charge >= 0.3 is 0 Å². The summed E-state index contributed by atoms with van der Waals surface area (Å²) >= 11 is 0. The highest BCUT2D eigenvalue weighted by molar-refractivity contribution is 7.49. The van der Waals surface area contributed by atoms with Crippen molar-refractivity contribution < 1.29 is 0 Å². The Labute approximate surface area is 86.1 Å². The van der Waals surface area contributed by atoms with Crippen LogP contribution in [0.15, 0.2) is 42.5 Å². The number of rotatable bonds is 2. The van der Waals surface area contributed by atoms with Crippen LogP contribution in [0.2, 0.25) is 0 Å². The maximum Gasteiger partial charge on any atom is -0.0110 e. The fourth-order valence-electron chi connectivity index (χ4n) is 1.80. The first-order chi connectivity index (χ1) is 6.93. The van der Waals surface area contributed by atoms with Crippen LogP contribution in [0.4, 0.5) is 0 Å². The van der Waals surface area contributed by atoms with E-state index < -0.39 is 0 Å². The average Bonchev–Trinajstić information content (AvgIpc) is 3.03. The van der Waals surface area contributed by atoms with Crippen molar-refractivity contribution in [2.75, 3.05) is 0 Å². The van der Waals surface area contributed by atoms with Gasteiger partial charge in [-0.2, -0.15) is 0 Å². The molecule has 0 radical (unpaired) electrons. The Morgan fingerprint density at radius 1 is 0.929 bits per heavy atom. The molecule has 1 heteroatoms. The first-order valence-electron chi connectivity index (χ1n) is 5.18. The minimum atomic E-state index is 1.00. The Morgan fingerprint density at radius 3 is 2.57 bits per heavy atom. The van der Waals surface area contributed by atoms with Crippen LogP contribution in [0.3, 0.4) is 0 Å². The van der Waals surface area contributed by atoms with Gasteiger partial charge in [0.15, 0.2) is 0 Å². The van der Waals surface area contributed by atoms with E-state index in [1.807, 2.05) is 0 Å². The molecule has 0 aromatic heterocycles. The molecule has 0 aliphatic heterocycles. The van der Waals surface area contributed by atoms with Gasteiger partial charge in [0, 0.05) is 0 Å². The first kappa shape index (κ1) is 8.44. The maximum absolute atomic E-state index is 2.29. The summed E-state index contributed by atoms with van der Waals surface area (Å²) in [5.41, 5.74) is 1.00. The Bertz CT molecular complexity index is 452. The van der Waals surface area contributed by atoms with Gasteiger partial charge in [-0.25, -0.2) is 0 Å². The largest absolute Gasteiger partial charge is 0.0865 e. The Balaban J connectivity index is 2.11. The van der Waals surface area contributed by atoms with Crippen LogP contribution in [-0.4, -0.2) is 5.66 Å². The third-order valence-corrected chi connectivity index (χ3v) is 4.46. The van der Waals surface area contributed by atoms with E-state index in [1.165, 1.54) is 23.6 Å². The van der Waals surface area contributed by atoms with Crippen LogP contribution in [-0.2, 0) is 0 Å². The topological polar surface area (TPSA) is 0 Å². The van der Waals surface area contributed by atoms with Crippen molar-refractivity contribution >= 4 is 24.7 Å². The third kappa shape index (κ3) is 1.55. The van der Waals surface area contributed by atoms with Crippen molar-refractivity contribution in [1.29, 1.82) is 0 Å². The quantitative estimate of drug-likeness (QED) is 0.652. The molecule has 2 aromatic rings. The molecule has 2 aromatic carbocycles. The summed E-state index contributed by atoms with van der Waals surface area (Å²) in [5.74, 6) is 0. The summed E-state index contributed by atoms with van der Waals surface area (Å²) in [6.07, 6.45) is 2.89. The summed E-state index contributed by atoms with van der Waals surface area (Å²) in [6, 6.07) is 15.4. The van der Waals surface area contributed by atoms with Crippen molar-refractivity contribution in [2.45, 2.75) is 18.5 Å². The molecule has 1 saturated carbocycles. The fourth-order valence-corrected chi connectivity index (χ4v) is 3.27. The van der Waals surface area contributed by atoms with E-state index in [0.717, 1.165) is 14.2 Å². The molecular formula is C13H13P. The van der Waals surface area contributed by atoms with Gasteiger partial charge < -0.3 is 0 Å². The maximum atomic E-state index is 2.29. The summed E-state index contributed by atoms with van der Waals surface area (Å²) in [5, 5.41) is 4.41. The highest BCUT2D eigenvalue weighted by atomic mass is 31.1. The third-order valence-electron chi connectivity index (χ3n) is 2.73. The molecule has 0 heterocycles. The summed E-state index contributed by atoms with van der Waals surface area (Å²) < 4.78 is 0. The second-order valence-electron chi connectivity index (χ2n) is 3.95. The normalized spacial score (nSPS) is 16.9. The van der Waals surface area contributed by atoms with E-state index in [4.69, 9.17) is 0 Å². The molecule has 3 rings (SSSR count). The van der Waals surface area contributed by atoms with Gasteiger partial charge in [-0.05, 0) is 34.6 Å². The van der Waals surface area contributed by atoms with Crippen LogP contribution in [0, 0.1) is 0 Å². The van der Waals surface area contributed by atoms with Crippen LogP contribution in [0.1, 0.15) is 12.8 Å². The monoisotopic (exact) mass is 200 g/mol. The van der Waals surface area contributed by atoms with Crippen molar-refractivity contribution in [3.05, 3.63) is 42.5 Å². The van der Waals surface area contributed by atoms with E-state index >= 15 is 0 Å². The van der Waals surface area contributed by atoms with Gasteiger partial charge in [-0.3, -0.25) is 0 Å². The molecule has 0 nitrogen and oxygen atoms in total. The Kier molecular flexibility index (Phi) is 2.03. The van der Waals surface area contributed by atoms with Crippen LogP contribution < -0.4 is 5.30 Å². The highest BCUT2D eigenvalue weighted by Crippen LogP contribution is 2.39. The first-order valence-corrected chi connectivity index (χ1v) is 6.25. The van der Waals surface area contributed by atoms with Gasteiger partial charge in [0.05, 0.1) is 0 Å². The summed E-state index contributed by atoms with van der Waals surface area (Å²) in [7, 11) is 1.03. The van der Waals surface area contributed by atoms with Gasteiger partial charge in [-0.15, -0.1) is 0 Å². The van der Waals surface area contributed by atoms with Crippen molar-refractivity contribution in [1.82, 2.24) is 0 Å². The fraction of sp³-hybridized carbons (Fsp3) is 0.231. The van der Waals surface area contributed by atoms with E-state index in [9.17, 15) is 0 Å². The number of benzene rings is 2. The second-order valence-corrected chi connectivity index (χ2v) is 5.59. The molecule has 0 saturated heterocycles. The van der Waals surface area contributed by atoms with Crippen LogP contribution in [0.5, 0.6) is 0 Å². The molecule has 0 amide bonds. The van der Waals surface area contributed by atoms with Gasteiger partial charge in [-0.1, -0.05) is 51.0 Å². The van der Waals surface area contributed by atoms with E-state index in [2.05, 4.69) is 42.5 Å². The van der Waals surface area contributed by atoms with E-state index in [0.29, 0.717) is 0 Å². The van der Waals surface area contributed by atoms with Crippen LogP contribution in [0.25, 0.3) is 10.8 Å². The molecule has 1 atom stereocenters. The zero-order valence-corrected chi connectivity index (χ0v) is 9.03. The van der Waals surface area contributed by atoms with E-state index in [-0.39, 0.29) is 0 Å². The van der Waals surface area contributed by atoms with Crippen molar-refractivity contribution in [3.63, 3.8) is 0 Å². The molecule has 0 N–H and O–H groups in total. The summed E-state index contributed by atoms with van der Waals surface area (Å²) in [4.78, 5) is 0. The molecule has 70 valence electrons. The zero-order valence-electron chi connectivity index (χ0n) is 8.03. The van der Waals surface area contributed by atoms with Crippen LogP contribution >= 0.6 is 8.58 Å². The lowest BCUT2D eigenvalue weighted by Crippen LogP contribution is -1.96. The molecule has 0 bridgehead atoms. The lowest BCUT2D eigenvalue weighted by molar-refractivity contribution is 1.50. The number of fused-ring (bicyclic) bond motifs is 1. The average molecular weight is 200 g/mol. The number of hydrogen-bond acceptors (Lipinski definition) is 0. The van der Waals surface area contributed by atoms with Gasteiger partial charge in [0.1, 0.15) is 0 Å². The molecule has 1 unspecified atom stereocenters. The predicted octanol–water partition coefficient (Wildman–Crippen LogP) is 3.31. The lowest BCUT2D eigenvalue weighted by atomic mass is 10.1. The molecule has 14 heavy (non-hydrogen) atoms. The predicted molar refractivity (Wildman–Crippen MR) is 64.9 cm³/mol. The highest BCUT2D eigenvalue weighted by Gasteiger charge is 2.21. The zero-order chi connectivity index (χ0) is 9.38. The Hall–Kier alpha value is -0.870. The minimum absolute atomic E-state index is 1.00. The smallest absolute Gasteiger partial charge is 0.0110 e. The standard InChI is InChI=1S/C13H13P/c1-2-6-12-10(4-1)5-3-7-13(12)14-11-8-9-11/h1-7,11,14H,8-9H2. The van der Waals surface area contributed by atoms with Crippen molar-refractivity contribution in [2.24, 2.45) is 0 Å². The molecule has 0 spiro atoms. The summed E-state index contributed by atoms with van der Waals surface area (Å²) in [6.45, 7) is 0.